The van der Waals surface area contributed by atoms with E-state index in [4.69, 9.17) is 4.52 Å². The minimum atomic E-state index is -0.264. The highest BCUT2D eigenvalue weighted by Gasteiger charge is 2.27. The maximum atomic E-state index is 12.9. The predicted octanol–water partition coefficient (Wildman–Crippen LogP) is 2.84. The van der Waals surface area contributed by atoms with Crippen molar-refractivity contribution in [1.29, 1.82) is 0 Å². The van der Waals surface area contributed by atoms with Gasteiger partial charge in [0.25, 0.3) is 11.5 Å². The van der Waals surface area contributed by atoms with Gasteiger partial charge in [0, 0.05) is 38.3 Å². The number of aryl methyl sites for hydroxylation is 2. The number of aromatic nitrogens is 3. The number of carbonyl (C=O) groups is 1. The summed E-state index contributed by atoms with van der Waals surface area (Å²) in [7, 11) is 1.65. The fraction of sp³-hybridized carbons (Fsp3) is 0.364. The predicted molar refractivity (Wildman–Crippen MR) is 108 cm³/mol. The molecule has 0 saturated carbocycles. The molecule has 0 radical (unpaired) electrons. The van der Waals surface area contributed by atoms with Crippen molar-refractivity contribution in [2.75, 3.05) is 13.1 Å². The number of likely N-dealkylation sites (tertiary alicyclic amines) is 1. The summed E-state index contributed by atoms with van der Waals surface area (Å²) in [4.78, 5) is 31.5. The van der Waals surface area contributed by atoms with Gasteiger partial charge in [0.15, 0.2) is 0 Å². The fourth-order valence-corrected chi connectivity index (χ4v) is 3.86. The van der Waals surface area contributed by atoms with E-state index >= 15 is 0 Å². The van der Waals surface area contributed by atoms with Crippen molar-refractivity contribution in [3.8, 4) is 11.4 Å². The zero-order valence-electron chi connectivity index (χ0n) is 16.7. The second-order valence-corrected chi connectivity index (χ2v) is 7.63. The molecular formula is C22H24N4O3. The molecule has 0 bridgehead atoms. The maximum Gasteiger partial charge on any atom is 0.263 e. The lowest BCUT2D eigenvalue weighted by Crippen LogP contribution is -2.42. The Balaban J connectivity index is 1.46. The molecule has 3 aromatic rings. The van der Waals surface area contributed by atoms with Crippen LogP contribution in [0.2, 0.25) is 0 Å². The number of pyridine rings is 1. The third kappa shape index (κ3) is 3.99. The molecule has 0 spiro atoms. The van der Waals surface area contributed by atoms with Gasteiger partial charge in [-0.3, -0.25) is 9.59 Å². The summed E-state index contributed by atoms with van der Waals surface area (Å²) in [6, 6.07) is 11.3. The van der Waals surface area contributed by atoms with Crippen molar-refractivity contribution in [2.45, 2.75) is 26.2 Å². The summed E-state index contributed by atoms with van der Waals surface area (Å²) in [5.74, 6) is 1.19. The number of piperidine rings is 1. The summed E-state index contributed by atoms with van der Waals surface area (Å²) in [6.45, 7) is 3.26. The van der Waals surface area contributed by atoms with Crippen LogP contribution in [0.5, 0.6) is 0 Å². The highest BCUT2D eigenvalue weighted by atomic mass is 16.5. The van der Waals surface area contributed by atoms with Crippen LogP contribution in [0, 0.1) is 12.8 Å². The lowest BCUT2D eigenvalue weighted by molar-refractivity contribution is 0.0665. The van der Waals surface area contributed by atoms with Crippen molar-refractivity contribution in [3.05, 3.63) is 70.0 Å². The molecule has 1 aliphatic heterocycles. The summed E-state index contributed by atoms with van der Waals surface area (Å²) in [5, 5.41) is 4.13. The molecule has 3 heterocycles. The third-order valence-electron chi connectivity index (χ3n) is 5.48. The highest BCUT2D eigenvalue weighted by molar-refractivity contribution is 5.93. The first-order valence-corrected chi connectivity index (χ1v) is 9.86. The van der Waals surface area contributed by atoms with E-state index in [-0.39, 0.29) is 22.9 Å². The lowest BCUT2D eigenvalue weighted by atomic mass is 9.94. The van der Waals surface area contributed by atoms with E-state index in [2.05, 4.69) is 10.1 Å². The topological polar surface area (TPSA) is 81.2 Å². The normalized spacial score (nSPS) is 16.8. The Hall–Kier alpha value is -3.22. The van der Waals surface area contributed by atoms with Crippen LogP contribution in [-0.4, -0.2) is 38.6 Å². The van der Waals surface area contributed by atoms with Crippen LogP contribution in [0.4, 0.5) is 0 Å². The molecular weight excluding hydrogens is 368 g/mol. The molecule has 0 N–H and O–H groups in total. The number of nitrogens with zero attached hydrogens (tertiary/aromatic N) is 4. The van der Waals surface area contributed by atoms with Gasteiger partial charge < -0.3 is 14.0 Å². The molecule has 2 aromatic heterocycles. The lowest BCUT2D eigenvalue weighted by Gasteiger charge is -2.32. The van der Waals surface area contributed by atoms with E-state index in [1.807, 2.05) is 31.2 Å². The summed E-state index contributed by atoms with van der Waals surface area (Å²) < 4.78 is 6.90. The van der Waals surface area contributed by atoms with Crippen molar-refractivity contribution in [2.24, 2.45) is 13.0 Å². The Morgan fingerprint density at radius 2 is 2.07 bits per heavy atom. The van der Waals surface area contributed by atoms with Gasteiger partial charge >= 0.3 is 0 Å². The monoisotopic (exact) mass is 392 g/mol. The van der Waals surface area contributed by atoms with Crippen LogP contribution in [-0.2, 0) is 13.5 Å². The van der Waals surface area contributed by atoms with Crippen LogP contribution in [0.15, 0.2) is 51.9 Å². The maximum absolute atomic E-state index is 12.9. The van der Waals surface area contributed by atoms with Gasteiger partial charge in [-0.2, -0.15) is 4.98 Å². The largest absolute Gasteiger partial charge is 0.339 e. The first kappa shape index (κ1) is 19.1. The average Bonchev–Trinajstić information content (AvgIpc) is 3.18. The van der Waals surface area contributed by atoms with Crippen molar-refractivity contribution >= 4 is 5.91 Å². The molecule has 1 fully saturated rings. The summed E-state index contributed by atoms with van der Waals surface area (Å²) in [5.41, 5.74) is 2.01. The van der Waals surface area contributed by atoms with E-state index in [1.165, 1.54) is 4.57 Å². The number of hydrogen-bond donors (Lipinski definition) is 0. The minimum absolute atomic E-state index is 0.206. The van der Waals surface area contributed by atoms with Gasteiger partial charge in [0.05, 0.1) is 0 Å². The molecule has 7 nitrogen and oxygen atoms in total. The third-order valence-corrected chi connectivity index (χ3v) is 5.48. The van der Waals surface area contributed by atoms with E-state index in [1.54, 1.807) is 30.3 Å². The van der Waals surface area contributed by atoms with Crippen LogP contribution < -0.4 is 5.56 Å². The fourth-order valence-electron chi connectivity index (χ4n) is 3.86. The van der Waals surface area contributed by atoms with E-state index < -0.39 is 0 Å². The van der Waals surface area contributed by atoms with Gasteiger partial charge in [-0.05, 0) is 43.4 Å². The Kier molecular flexibility index (Phi) is 5.29. The second-order valence-electron chi connectivity index (χ2n) is 7.63. The van der Waals surface area contributed by atoms with Crippen LogP contribution in [0.1, 0.15) is 34.7 Å². The zero-order valence-corrected chi connectivity index (χ0v) is 16.7. The minimum Gasteiger partial charge on any atom is -0.339 e. The molecule has 4 rings (SSSR count). The highest BCUT2D eigenvalue weighted by Crippen LogP contribution is 2.24. The second kappa shape index (κ2) is 8.03. The van der Waals surface area contributed by atoms with Gasteiger partial charge in [0.1, 0.15) is 5.56 Å². The molecule has 0 unspecified atom stereocenters. The molecule has 1 amide bonds. The van der Waals surface area contributed by atoms with Gasteiger partial charge in [-0.15, -0.1) is 0 Å². The Labute approximate surface area is 169 Å². The SMILES string of the molecule is Cc1ccccc1-c1noc(C[C@H]2CCCN(C(=O)c3cccn(C)c3=O)C2)n1. The molecule has 29 heavy (non-hydrogen) atoms. The Bertz CT molecular complexity index is 1090. The van der Waals surface area contributed by atoms with E-state index in [0.717, 1.165) is 24.0 Å². The van der Waals surface area contributed by atoms with Crippen LogP contribution >= 0.6 is 0 Å². The molecule has 1 saturated heterocycles. The first-order valence-electron chi connectivity index (χ1n) is 9.86. The molecule has 1 aliphatic rings. The van der Waals surface area contributed by atoms with Crippen LogP contribution in [0.25, 0.3) is 11.4 Å². The van der Waals surface area contributed by atoms with Crippen molar-refractivity contribution < 1.29 is 9.32 Å². The number of hydrogen-bond acceptors (Lipinski definition) is 5. The van der Waals surface area contributed by atoms with Crippen molar-refractivity contribution in [1.82, 2.24) is 19.6 Å². The van der Waals surface area contributed by atoms with Crippen molar-refractivity contribution in [3.63, 3.8) is 0 Å². The van der Waals surface area contributed by atoms with Crippen LogP contribution in [0.3, 0.4) is 0 Å². The number of amides is 1. The standard InChI is InChI=1S/C22H24N4O3/c1-15-7-3-4-9-17(15)20-23-19(29-24-20)13-16-8-5-12-26(14-16)22(28)18-10-6-11-25(2)21(18)27/h3-4,6-7,9-11,16H,5,8,12-14H2,1-2H3/t16-/m1/s1. The molecule has 150 valence electrons. The number of rotatable bonds is 4. The number of benzene rings is 1. The Morgan fingerprint density at radius 3 is 2.90 bits per heavy atom. The smallest absolute Gasteiger partial charge is 0.263 e. The first-order chi connectivity index (χ1) is 14.0. The molecule has 1 aromatic carbocycles. The molecule has 0 aliphatic carbocycles. The van der Waals surface area contributed by atoms with E-state index in [0.29, 0.717) is 31.2 Å². The van der Waals surface area contributed by atoms with Gasteiger partial charge in [0.2, 0.25) is 11.7 Å². The Morgan fingerprint density at radius 1 is 1.24 bits per heavy atom. The van der Waals surface area contributed by atoms with Gasteiger partial charge in [-0.1, -0.05) is 29.4 Å². The number of carbonyl (C=O) groups excluding carboxylic acids is 1. The summed E-state index contributed by atoms with van der Waals surface area (Å²) >= 11 is 0. The quantitative estimate of drug-likeness (QED) is 0.682. The molecule has 1 atom stereocenters. The zero-order chi connectivity index (χ0) is 20.4. The van der Waals surface area contributed by atoms with E-state index in [9.17, 15) is 9.59 Å². The average molecular weight is 392 g/mol. The van der Waals surface area contributed by atoms with Gasteiger partial charge in [-0.25, -0.2) is 0 Å². The molecule has 7 heteroatoms. The summed E-state index contributed by atoms with van der Waals surface area (Å²) in [6.07, 6.45) is 4.15.